The van der Waals surface area contributed by atoms with E-state index in [4.69, 9.17) is 18.9 Å². The topological polar surface area (TPSA) is 97.8 Å². The molecule has 0 amide bonds. The highest BCUT2D eigenvalue weighted by Crippen LogP contribution is 2.35. The molecular weight excluding hydrogens is 472 g/mol. The number of hydrogen-bond acceptors (Lipinski definition) is 7. The van der Waals surface area contributed by atoms with Gasteiger partial charge in [-0.25, -0.2) is 4.79 Å². The zero-order valence-electron chi connectivity index (χ0n) is 22.0. The molecule has 0 aromatic carbocycles. The molecule has 0 aliphatic carbocycles. The van der Waals surface area contributed by atoms with Gasteiger partial charge in [-0.3, -0.25) is 0 Å². The summed E-state index contributed by atoms with van der Waals surface area (Å²) in [6.45, 7) is 8.98. The van der Waals surface area contributed by atoms with Crippen molar-refractivity contribution < 1.29 is 34.0 Å². The number of aliphatic hydroxyl groups excluding tert-OH is 2. The minimum atomic E-state index is -1.03. The molecule has 0 saturated carbocycles. The maximum atomic E-state index is 12.6. The van der Waals surface area contributed by atoms with E-state index >= 15 is 0 Å². The van der Waals surface area contributed by atoms with Crippen molar-refractivity contribution in [2.45, 2.75) is 108 Å². The lowest BCUT2D eigenvalue weighted by Crippen LogP contribution is -2.32. The van der Waals surface area contributed by atoms with E-state index in [1.54, 1.807) is 12.2 Å². The standard InChI is InChI=1S/C30H42O7/c1-19-12-13-34-23(15-19)10-11-25(31)27-18-28-30(37-28)26(32)17-21(3)14-20(2)16-24-8-4-6-22(35-24)7-5-9-29(33)36-27/h4-6,9-12,20,22-28,30-32H,3,7-8,13-18H2,1-2H3/b9-5+,11-10+/t20-,22-,23+,24-,25-,26?,27-,28-,30-/m0/s1. The fraction of sp³-hybridized carbons (Fsp3) is 0.633. The third-order valence-electron chi connectivity index (χ3n) is 7.44. The van der Waals surface area contributed by atoms with Gasteiger partial charge in [-0.15, -0.1) is 0 Å². The predicted molar refractivity (Wildman–Crippen MR) is 141 cm³/mol. The van der Waals surface area contributed by atoms with Gasteiger partial charge in [0.15, 0.2) is 0 Å². The molecule has 4 aliphatic heterocycles. The summed E-state index contributed by atoms with van der Waals surface area (Å²) in [6, 6.07) is 0. The van der Waals surface area contributed by atoms with Gasteiger partial charge >= 0.3 is 5.97 Å². The molecular formula is C30H42O7. The molecule has 2 bridgehead atoms. The average molecular weight is 515 g/mol. The van der Waals surface area contributed by atoms with Crippen molar-refractivity contribution in [3.05, 3.63) is 60.3 Å². The van der Waals surface area contributed by atoms with Gasteiger partial charge in [0, 0.05) is 12.5 Å². The Labute approximate surface area is 220 Å². The van der Waals surface area contributed by atoms with Gasteiger partial charge in [0.05, 0.1) is 37.1 Å². The van der Waals surface area contributed by atoms with Crippen molar-refractivity contribution in [1.82, 2.24) is 0 Å². The van der Waals surface area contributed by atoms with Gasteiger partial charge in [-0.1, -0.05) is 61.1 Å². The molecule has 204 valence electrons. The number of cyclic esters (lactones) is 1. The van der Waals surface area contributed by atoms with Gasteiger partial charge in [0.1, 0.15) is 18.3 Å². The SMILES string of the molecule is C=C1CC(O)[C@@H]2O[C@H]2C[C@@H]([C@@H](O)/C=C/[C@@H]2CC(C)=CCO2)OC(=O)/C=C/C[C@@H]2C=CC[C@@H](C[C@@H](C)C1)O2. The first-order valence-electron chi connectivity index (χ1n) is 13.6. The van der Waals surface area contributed by atoms with Crippen LogP contribution in [-0.4, -0.2) is 71.6 Å². The summed E-state index contributed by atoms with van der Waals surface area (Å²) in [6.07, 6.45) is 14.3. The minimum absolute atomic E-state index is 0.0863. The maximum absolute atomic E-state index is 12.6. The quantitative estimate of drug-likeness (QED) is 0.332. The van der Waals surface area contributed by atoms with Crippen molar-refractivity contribution in [2.75, 3.05) is 6.61 Å². The molecule has 4 heterocycles. The lowest BCUT2D eigenvalue weighted by Gasteiger charge is -2.28. The van der Waals surface area contributed by atoms with Gasteiger partial charge in [-0.05, 0) is 51.4 Å². The van der Waals surface area contributed by atoms with E-state index in [9.17, 15) is 15.0 Å². The monoisotopic (exact) mass is 514 g/mol. The molecule has 1 saturated heterocycles. The zero-order valence-corrected chi connectivity index (χ0v) is 22.0. The number of carbonyl (C=O) groups excluding carboxylic acids is 1. The molecule has 0 spiro atoms. The van der Waals surface area contributed by atoms with Crippen LogP contribution < -0.4 is 0 Å². The minimum Gasteiger partial charge on any atom is -0.456 e. The van der Waals surface area contributed by atoms with E-state index in [2.05, 4.69) is 26.5 Å². The third kappa shape index (κ3) is 8.76. The second-order valence-corrected chi connectivity index (χ2v) is 11.0. The number of aliphatic hydroxyl groups is 2. The Balaban J connectivity index is 1.44. The summed E-state index contributed by atoms with van der Waals surface area (Å²) < 4.78 is 23.4. The number of esters is 1. The van der Waals surface area contributed by atoms with E-state index in [1.807, 2.05) is 18.2 Å². The molecule has 0 aromatic rings. The van der Waals surface area contributed by atoms with Crippen molar-refractivity contribution in [2.24, 2.45) is 5.92 Å². The first kappa shape index (κ1) is 28.0. The number of epoxide rings is 1. The molecule has 0 radical (unpaired) electrons. The Morgan fingerprint density at radius 1 is 1.14 bits per heavy atom. The Morgan fingerprint density at radius 3 is 2.78 bits per heavy atom. The molecule has 7 nitrogen and oxygen atoms in total. The second-order valence-electron chi connectivity index (χ2n) is 11.0. The highest BCUT2D eigenvalue weighted by Gasteiger charge is 2.46. The first-order valence-corrected chi connectivity index (χ1v) is 13.6. The van der Waals surface area contributed by atoms with Crippen molar-refractivity contribution in [3.8, 4) is 0 Å². The lowest BCUT2D eigenvalue weighted by atomic mass is 9.91. The van der Waals surface area contributed by atoms with E-state index in [0.29, 0.717) is 25.4 Å². The van der Waals surface area contributed by atoms with Crippen LogP contribution in [0, 0.1) is 5.92 Å². The molecule has 7 heteroatoms. The van der Waals surface area contributed by atoms with E-state index in [-0.39, 0.29) is 36.9 Å². The van der Waals surface area contributed by atoms with Gasteiger partial charge in [-0.2, -0.15) is 0 Å². The average Bonchev–Trinajstić information content (AvgIpc) is 3.61. The summed E-state index contributed by atoms with van der Waals surface area (Å²) in [5.41, 5.74) is 2.23. The Bertz CT molecular complexity index is 919. The van der Waals surface area contributed by atoms with Crippen LogP contribution in [0.4, 0.5) is 0 Å². The first-order chi connectivity index (χ1) is 17.8. The van der Waals surface area contributed by atoms with Crippen LogP contribution >= 0.6 is 0 Å². The smallest absolute Gasteiger partial charge is 0.330 e. The van der Waals surface area contributed by atoms with Crippen LogP contribution in [0.2, 0.25) is 0 Å². The largest absolute Gasteiger partial charge is 0.456 e. The summed E-state index contributed by atoms with van der Waals surface area (Å²) in [5, 5.41) is 21.7. The van der Waals surface area contributed by atoms with Gasteiger partial charge < -0.3 is 29.2 Å². The van der Waals surface area contributed by atoms with E-state index in [0.717, 1.165) is 31.3 Å². The van der Waals surface area contributed by atoms with Crippen LogP contribution in [0.1, 0.15) is 58.8 Å². The van der Waals surface area contributed by atoms with Crippen molar-refractivity contribution >= 4 is 5.97 Å². The molecule has 9 atom stereocenters. The van der Waals surface area contributed by atoms with Crippen molar-refractivity contribution in [1.29, 1.82) is 0 Å². The van der Waals surface area contributed by atoms with Crippen LogP contribution in [0.5, 0.6) is 0 Å². The summed E-state index contributed by atoms with van der Waals surface area (Å²) >= 11 is 0. The maximum Gasteiger partial charge on any atom is 0.330 e. The molecule has 2 N–H and O–H groups in total. The molecule has 1 unspecified atom stereocenters. The summed E-state index contributed by atoms with van der Waals surface area (Å²) in [4.78, 5) is 12.6. The van der Waals surface area contributed by atoms with Crippen molar-refractivity contribution in [3.63, 3.8) is 0 Å². The lowest BCUT2D eigenvalue weighted by molar-refractivity contribution is -0.148. The van der Waals surface area contributed by atoms with Gasteiger partial charge in [0.2, 0.25) is 0 Å². The number of hydrogen-bond donors (Lipinski definition) is 2. The third-order valence-corrected chi connectivity index (χ3v) is 7.44. The highest BCUT2D eigenvalue weighted by molar-refractivity contribution is 5.82. The van der Waals surface area contributed by atoms with E-state index < -0.39 is 24.3 Å². The predicted octanol–water partition coefficient (Wildman–Crippen LogP) is 4.11. The highest BCUT2D eigenvalue weighted by atomic mass is 16.6. The molecule has 1 fully saturated rings. The van der Waals surface area contributed by atoms with Crippen LogP contribution in [0.15, 0.2) is 60.3 Å². The number of ether oxygens (including phenoxy) is 4. The molecule has 0 aromatic heterocycles. The molecule has 37 heavy (non-hydrogen) atoms. The number of carbonyl (C=O) groups is 1. The number of fused-ring (bicyclic) bond motifs is 3. The Kier molecular flexibility index (Phi) is 9.96. The molecule has 4 rings (SSSR count). The molecule has 4 aliphatic rings. The second kappa shape index (κ2) is 13.2. The fourth-order valence-electron chi connectivity index (χ4n) is 5.45. The van der Waals surface area contributed by atoms with Gasteiger partial charge in [0.25, 0.3) is 0 Å². The summed E-state index contributed by atoms with van der Waals surface area (Å²) in [5.74, 6) is -0.141. The fourth-order valence-corrected chi connectivity index (χ4v) is 5.45. The van der Waals surface area contributed by atoms with Crippen LogP contribution in [0.25, 0.3) is 0 Å². The van der Waals surface area contributed by atoms with Crippen LogP contribution in [-0.2, 0) is 23.7 Å². The zero-order chi connectivity index (χ0) is 26.4. The number of rotatable bonds is 3. The Hall–Kier alpha value is -2.03. The van der Waals surface area contributed by atoms with E-state index in [1.165, 1.54) is 11.6 Å². The Morgan fingerprint density at radius 2 is 1.97 bits per heavy atom. The van der Waals surface area contributed by atoms with Crippen LogP contribution in [0.3, 0.4) is 0 Å². The normalized spacial score (nSPS) is 39.6. The summed E-state index contributed by atoms with van der Waals surface area (Å²) in [7, 11) is 0.